The minimum Gasteiger partial charge on any atom is -0.480 e. The Bertz CT molecular complexity index is 373. The van der Waals surface area contributed by atoms with Crippen LogP contribution in [0.25, 0.3) is 0 Å². The van der Waals surface area contributed by atoms with Gasteiger partial charge in [-0.15, -0.1) is 0 Å². The minimum absolute atomic E-state index is 0.0363. The monoisotopic (exact) mass is 253 g/mol. The second-order valence-corrected chi connectivity index (χ2v) is 5.86. The average molecular weight is 253 g/mol. The van der Waals surface area contributed by atoms with Crippen molar-refractivity contribution >= 4 is 11.9 Å². The molecule has 0 bridgehead atoms. The molecular formula is C13H19NO4. The number of hydrogen-bond donors (Lipinski definition) is 1. The summed E-state index contributed by atoms with van der Waals surface area (Å²) >= 11 is 0. The quantitative estimate of drug-likeness (QED) is 0.805. The molecule has 0 aromatic rings. The van der Waals surface area contributed by atoms with Crippen LogP contribution in [-0.4, -0.2) is 47.7 Å². The number of amides is 1. The van der Waals surface area contributed by atoms with E-state index in [9.17, 15) is 14.7 Å². The molecule has 2 saturated carbocycles. The van der Waals surface area contributed by atoms with Gasteiger partial charge in [0.25, 0.3) is 0 Å². The summed E-state index contributed by atoms with van der Waals surface area (Å²) in [6.45, 7) is 0.429. The van der Waals surface area contributed by atoms with E-state index < -0.39 is 12.0 Å². The Morgan fingerprint density at radius 1 is 1.17 bits per heavy atom. The number of rotatable bonds is 3. The third kappa shape index (κ3) is 1.90. The Kier molecular flexibility index (Phi) is 2.81. The summed E-state index contributed by atoms with van der Waals surface area (Å²) in [6, 6.07) is -0.695. The zero-order valence-electron chi connectivity index (χ0n) is 10.5. The van der Waals surface area contributed by atoms with E-state index in [2.05, 4.69) is 0 Å². The maximum Gasteiger partial charge on any atom is 0.326 e. The Balaban J connectivity index is 1.69. The molecule has 5 nitrogen and oxygen atoms in total. The highest BCUT2D eigenvalue weighted by atomic mass is 16.5. The molecule has 0 radical (unpaired) electrons. The molecule has 0 spiro atoms. The summed E-state index contributed by atoms with van der Waals surface area (Å²) in [5, 5.41) is 9.20. The molecule has 4 unspecified atom stereocenters. The third-order valence-electron chi connectivity index (χ3n) is 4.76. The van der Waals surface area contributed by atoms with Crippen LogP contribution in [0.5, 0.6) is 0 Å². The number of fused-ring (bicyclic) bond motifs is 1. The predicted octanol–water partition coefficient (Wildman–Crippen LogP) is 0.733. The van der Waals surface area contributed by atoms with Crippen molar-refractivity contribution < 1.29 is 19.4 Å². The van der Waals surface area contributed by atoms with Crippen molar-refractivity contribution in [2.24, 2.45) is 17.8 Å². The molecule has 100 valence electrons. The van der Waals surface area contributed by atoms with Crippen LogP contribution in [-0.2, 0) is 14.3 Å². The topological polar surface area (TPSA) is 66.8 Å². The van der Waals surface area contributed by atoms with E-state index in [1.807, 2.05) is 0 Å². The van der Waals surface area contributed by atoms with Crippen LogP contribution in [0.2, 0.25) is 0 Å². The van der Waals surface area contributed by atoms with E-state index in [0.717, 1.165) is 24.7 Å². The number of methoxy groups -OCH3 is 1. The van der Waals surface area contributed by atoms with Crippen LogP contribution in [0.15, 0.2) is 0 Å². The van der Waals surface area contributed by atoms with Crippen molar-refractivity contribution in [2.75, 3.05) is 13.7 Å². The fourth-order valence-corrected chi connectivity index (χ4v) is 3.60. The number of aliphatic carboxylic acids is 1. The summed E-state index contributed by atoms with van der Waals surface area (Å²) < 4.78 is 5.21. The first-order valence-electron chi connectivity index (χ1n) is 6.66. The van der Waals surface area contributed by atoms with E-state index in [4.69, 9.17) is 4.74 Å². The fourth-order valence-electron chi connectivity index (χ4n) is 3.60. The number of nitrogens with zero attached hydrogens (tertiary/aromatic N) is 1. The van der Waals surface area contributed by atoms with Gasteiger partial charge in [-0.3, -0.25) is 4.79 Å². The third-order valence-corrected chi connectivity index (χ3v) is 4.76. The van der Waals surface area contributed by atoms with Gasteiger partial charge < -0.3 is 14.7 Å². The molecule has 0 aromatic carbocycles. The van der Waals surface area contributed by atoms with Crippen molar-refractivity contribution in [3.8, 4) is 0 Å². The summed E-state index contributed by atoms with van der Waals surface area (Å²) in [7, 11) is 1.57. The molecule has 5 heteroatoms. The Morgan fingerprint density at radius 3 is 2.39 bits per heavy atom. The predicted molar refractivity (Wildman–Crippen MR) is 62.9 cm³/mol. The van der Waals surface area contributed by atoms with Crippen LogP contribution >= 0.6 is 0 Å². The van der Waals surface area contributed by atoms with Crippen LogP contribution in [0.1, 0.15) is 25.7 Å². The number of carboxylic acid groups (broad SMARTS) is 1. The highest BCUT2D eigenvalue weighted by Crippen LogP contribution is 2.54. The molecule has 3 aliphatic rings. The second kappa shape index (κ2) is 4.23. The molecule has 18 heavy (non-hydrogen) atoms. The molecule has 1 heterocycles. The molecule has 3 rings (SSSR count). The van der Waals surface area contributed by atoms with Gasteiger partial charge in [0.05, 0.1) is 6.10 Å². The largest absolute Gasteiger partial charge is 0.480 e. The van der Waals surface area contributed by atoms with Crippen molar-refractivity contribution in [1.29, 1.82) is 0 Å². The fraction of sp³-hybridized carbons (Fsp3) is 0.846. The van der Waals surface area contributed by atoms with Gasteiger partial charge in [-0.05, 0) is 31.1 Å². The summed E-state index contributed by atoms with van der Waals surface area (Å²) in [4.78, 5) is 25.1. The maximum absolute atomic E-state index is 12.4. The number of carboxylic acids is 1. The van der Waals surface area contributed by atoms with E-state index >= 15 is 0 Å². The van der Waals surface area contributed by atoms with Gasteiger partial charge in [0.2, 0.25) is 5.91 Å². The lowest BCUT2D eigenvalue weighted by molar-refractivity contribution is -0.150. The molecule has 3 fully saturated rings. The van der Waals surface area contributed by atoms with E-state index in [1.165, 1.54) is 11.3 Å². The van der Waals surface area contributed by atoms with Crippen molar-refractivity contribution in [1.82, 2.24) is 4.90 Å². The SMILES string of the molecule is COC1CC(C(=O)O)N(C(=O)C2CC3CC3C2)C1. The van der Waals surface area contributed by atoms with Gasteiger partial charge in [-0.1, -0.05) is 0 Å². The lowest BCUT2D eigenvalue weighted by Crippen LogP contribution is -2.43. The van der Waals surface area contributed by atoms with Gasteiger partial charge in [0.15, 0.2) is 0 Å². The summed E-state index contributed by atoms with van der Waals surface area (Å²) in [6.07, 6.45) is 3.48. The van der Waals surface area contributed by atoms with Gasteiger partial charge in [-0.25, -0.2) is 4.79 Å². The van der Waals surface area contributed by atoms with Crippen LogP contribution in [0.4, 0.5) is 0 Å². The zero-order valence-corrected chi connectivity index (χ0v) is 10.5. The van der Waals surface area contributed by atoms with Gasteiger partial charge in [-0.2, -0.15) is 0 Å². The van der Waals surface area contributed by atoms with Crippen LogP contribution < -0.4 is 0 Å². The maximum atomic E-state index is 12.4. The number of hydrogen-bond acceptors (Lipinski definition) is 3. The number of likely N-dealkylation sites (tertiary alicyclic amines) is 1. The van der Waals surface area contributed by atoms with Crippen LogP contribution in [0.3, 0.4) is 0 Å². The first-order chi connectivity index (χ1) is 8.60. The van der Waals surface area contributed by atoms with E-state index in [-0.39, 0.29) is 17.9 Å². The summed E-state index contributed by atoms with van der Waals surface area (Å²) in [5.41, 5.74) is 0. The normalized spacial score (nSPS) is 41.8. The standard InChI is InChI=1S/C13H19NO4/c1-18-10-5-11(13(16)17)14(6-10)12(15)9-3-7-2-8(7)4-9/h7-11H,2-6H2,1H3,(H,16,17). The number of ether oxygens (including phenoxy) is 1. The molecular weight excluding hydrogens is 234 g/mol. The van der Waals surface area contributed by atoms with E-state index in [1.54, 1.807) is 7.11 Å². The highest BCUT2D eigenvalue weighted by molar-refractivity contribution is 5.86. The van der Waals surface area contributed by atoms with E-state index in [0.29, 0.717) is 13.0 Å². The Labute approximate surface area is 106 Å². The van der Waals surface area contributed by atoms with Gasteiger partial charge in [0, 0.05) is 26.0 Å². The molecule has 2 aliphatic carbocycles. The second-order valence-electron chi connectivity index (χ2n) is 5.86. The molecule has 1 saturated heterocycles. The lowest BCUT2D eigenvalue weighted by Gasteiger charge is -2.25. The van der Waals surface area contributed by atoms with Crippen molar-refractivity contribution in [3.63, 3.8) is 0 Å². The number of carbonyl (C=O) groups excluding carboxylic acids is 1. The Hall–Kier alpha value is -1.10. The summed E-state index contributed by atoms with van der Waals surface area (Å²) in [5.74, 6) is 0.664. The first-order valence-corrected chi connectivity index (χ1v) is 6.66. The smallest absolute Gasteiger partial charge is 0.326 e. The van der Waals surface area contributed by atoms with Crippen molar-refractivity contribution in [2.45, 2.75) is 37.8 Å². The average Bonchev–Trinajstić information content (AvgIpc) is 2.82. The number of carbonyl (C=O) groups is 2. The molecule has 4 atom stereocenters. The molecule has 1 N–H and O–H groups in total. The molecule has 0 aromatic heterocycles. The van der Waals surface area contributed by atoms with Gasteiger partial charge >= 0.3 is 5.97 Å². The molecule has 1 aliphatic heterocycles. The first kappa shape index (κ1) is 12.0. The Morgan fingerprint density at radius 2 is 1.83 bits per heavy atom. The highest BCUT2D eigenvalue weighted by Gasteiger charge is 2.51. The lowest BCUT2D eigenvalue weighted by atomic mass is 10.0. The van der Waals surface area contributed by atoms with Crippen LogP contribution in [0, 0.1) is 17.8 Å². The van der Waals surface area contributed by atoms with Crippen molar-refractivity contribution in [3.05, 3.63) is 0 Å². The minimum atomic E-state index is -0.911. The molecule has 1 amide bonds. The zero-order chi connectivity index (χ0) is 12.9. The van der Waals surface area contributed by atoms with Gasteiger partial charge in [0.1, 0.15) is 6.04 Å².